The van der Waals surface area contributed by atoms with Gasteiger partial charge in [-0.15, -0.1) is 0 Å². The molecule has 0 saturated carbocycles. The summed E-state index contributed by atoms with van der Waals surface area (Å²) in [6, 6.07) is 5.29. The molecule has 0 amide bonds. The van der Waals surface area contributed by atoms with Crippen LogP contribution in [0.5, 0.6) is 5.75 Å². The predicted molar refractivity (Wildman–Crippen MR) is 53.9 cm³/mol. The Hall–Kier alpha value is -0.800. The van der Waals surface area contributed by atoms with Gasteiger partial charge in [-0.3, -0.25) is 0 Å². The summed E-state index contributed by atoms with van der Waals surface area (Å²) in [5, 5.41) is 9.40. The summed E-state index contributed by atoms with van der Waals surface area (Å²) in [7, 11) is 0. The zero-order valence-electron chi connectivity index (χ0n) is 6.50. The molecule has 2 nitrogen and oxygen atoms in total. The van der Waals surface area contributed by atoms with Crippen molar-refractivity contribution in [3.05, 3.63) is 34.3 Å². The second-order valence-electron chi connectivity index (χ2n) is 2.31. The summed E-state index contributed by atoms with van der Waals surface area (Å²) in [6.45, 7) is 0.473. The van der Waals surface area contributed by atoms with Crippen LogP contribution in [-0.2, 0) is 0 Å². The van der Waals surface area contributed by atoms with Crippen molar-refractivity contribution in [3.8, 4) is 5.75 Å². The molecule has 0 aliphatic rings. The lowest BCUT2D eigenvalue weighted by Crippen LogP contribution is -1.92. The van der Waals surface area contributed by atoms with E-state index in [0.29, 0.717) is 6.54 Å². The third-order valence-electron chi connectivity index (χ3n) is 1.45. The molecule has 3 heteroatoms. The lowest BCUT2D eigenvalue weighted by Gasteiger charge is -2.00. The molecule has 64 valence electrons. The van der Waals surface area contributed by atoms with Gasteiger partial charge in [0.2, 0.25) is 0 Å². The molecule has 0 aliphatic heterocycles. The minimum atomic E-state index is 0.258. The van der Waals surface area contributed by atoms with Crippen molar-refractivity contribution < 1.29 is 5.11 Å². The number of rotatable bonds is 2. The first-order valence-corrected chi connectivity index (χ1v) is 4.39. The molecule has 0 atom stereocenters. The largest absolute Gasteiger partial charge is 0.507 e. The molecule has 3 N–H and O–H groups in total. The Morgan fingerprint density at radius 2 is 2.25 bits per heavy atom. The minimum Gasteiger partial charge on any atom is -0.507 e. The Morgan fingerprint density at radius 3 is 2.83 bits per heavy atom. The van der Waals surface area contributed by atoms with Gasteiger partial charge in [0.15, 0.2) is 0 Å². The third kappa shape index (κ3) is 2.09. The number of benzene rings is 1. The highest BCUT2D eigenvalue weighted by atomic mass is 79.9. The van der Waals surface area contributed by atoms with Crippen molar-refractivity contribution in [3.63, 3.8) is 0 Å². The van der Waals surface area contributed by atoms with Crippen LogP contribution in [0.25, 0.3) is 6.08 Å². The molecule has 0 saturated heterocycles. The van der Waals surface area contributed by atoms with Gasteiger partial charge in [0.1, 0.15) is 5.75 Å². The highest BCUT2D eigenvalue weighted by molar-refractivity contribution is 9.10. The molecule has 1 aromatic carbocycles. The maximum absolute atomic E-state index is 9.40. The van der Waals surface area contributed by atoms with Crippen molar-refractivity contribution >= 4 is 22.0 Å². The van der Waals surface area contributed by atoms with Crippen LogP contribution in [-0.4, -0.2) is 11.7 Å². The lowest BCUT2D eigenvalue weighted by molar-refractivity contribution is 0.473. The van der Waals surface area contributed by atoms with Gasteiger partial charge in [-0.05, 0) is 12.1 Å². The molecule has 12 heavy (non-hydrogen) atoms. The topological polar surface area (TPSA) is 46.2 Å². The van der Waals surface area contributed by atoms with Gasteiger partial charge in [-0.1, -0.05) is 34.1 Å². The van der Waals surface area contributed by atoms with E-state index in [0.717, 1.165) is 10.0 Å². The Labute approximate surface area is 79.8 Å². The van der Waals surface area contributed by atoms with Crippen LogP contribution in [0.2, 0.25) is 0 Å². The quantitative estimate of drug-likeness (QED) is 0.814. The van der Waals surface area contributed by atoms with Gasteiger partial charge in [0, 0.05) is 16.6 Å². The van der Waals surface area contributed by atoms with Crippen molar-refractivity contribution in [2.75, 3.05) is 6.54 Å². The number of phenolic OH excluding ortho intramolecular Hbond substituents is 1. The van der Waals surface area contributed by atoms with Crippen molar-refractivity contribution in [1.82, 2.24) is 0 Å². The smallest absolute Gasteiger partial charge is 0.123 e. The van der Waals surface area contributed by atoms with E-state index >= 15 is 0 Å². The zero-order chi connectivity index (χ0) is 8.97. The number of phenols is 1. The SMILES string of the molecule is NCC=Cc1c(O)cccc1Br. The van der Waals surface area contributed by atoms with E-state index in [9.17, 15) is 5.11 Å². The fourth-order valence-corrected chi connectivity index (χ4v) is 1.36. The molecule has 1 rings (SSSR count). The number of hydrogen-bond donors (Lipinski definition) is 2. The highest BCUT2D eigenvalue weighted by Crippen LogP contribution is 2.26. The second-order valence-corrected chi connectivity index (χ2v) is 3.17. The van der Waals surface area contributed by atoms with Gasteiger partial charge in [0.05, 0.1) is 0 Å². The highest BCUT2D eigenvalue weighted by Gasteiger charge is 1.99. The molecule has 0 aliphatic carbocycles. The first kappa shape index (κ1) is 9.29. The standard InChI is InChI=1S/C9H10BrNO/c10-8-4-1-5-9(12)7(8)3-2-6-11/h1-5,12H,6,11H2. The maximum atomic E-state index is 9.40. The van der Waals surface area contributed by atoms with E-state index in [1.807, 2.05) is 6.07 Å². The fourth-order valence-electron chi connectivity index (χ4n) is 0.877. The third-order valence-corrected chi connectivity index (χ3v) is 2.14. The lowest BCUT2D eigenvalue weighted by atomic mass is 10.2. The monoisotopic (exact) mass is 227 g/mol. The van der Waals surface area contributed by atoms with Crippen molar-refractivity contribution in [2.24, 2.45) is 5.73 Å². The number of halogens is 1. The van der Waals surface area contributed by atoms with Gasteiger partial charge in [-0.2, -0.15) is 0 Å². The number of hydrogen-bond acceptors (Lipinski definition) is 2. The number of nitrogens with two attached hydrogens (primary N) is 1. The van der Waals surface area contributed by atoms with Crippen LogP contribution in [0.4, 0.5) is 0 Å². The molecule has 1 aromatic rings. The first-order valence-electron chi connectivity index (χ1n) is 3.60. The molecule has 0 radical (unpaired) electrons. The van der Waals surface area contributed by atoms with Crippen LogP contribution in [0.1, 0.15) is 5.56 Å². The first-order chi connectivity index (χ1) is 5.75. The number of aromatic hydroxyl groups is 1. The molecule has 0 bridgehead atoms. The summed E-state index contributed by atoms with van der Waals surface area (Å²) in [5.74, 6) is 0.258. The van der Waals surface area contributed by atoms with Crippen LogP contribution >= 0.6 is 15.9 Å². The van der Waals surface area contributed by atoms with Gasteiger partial charge in [0.25, 0.3) is 0 Å². The van der Waals surface area contributed by atoms with E-state index in [4.69, 9.17) is 5.73 Å². The zero-order valence-corrected chi connectivity index (χ0v) is 8.08. The van der Waals surface area contributed by atoms with Gasteiger partial charge in [-0.25, -0.2) is 0 Å². The predicted octanol–water partition coefficient (Wildman–Crippen LogP) is 2.13. The summed E-state index contributed by atoms with van der Waals surface area (Å²) >= 11 is 3.33. The Morgan fingerprint density at radius 1 is 1.50 bits per heavy atom. The van der Waals surface area contributed by atoms with Crippen LogP contribution in [0.3, 0.4) is 0 Å². The van der Waals surface area contributed by atoms with Crippen molar-refractivity contribution in [1.29, 1.82) is 0 Å². The van der Waals surface area contributed by atoms with Crippen LogP contribution in [0.15, 0.2) is 28.7 Å². The molecule has 0 unspecified atom stereocenters. The van der Waals surface area contributed by atoms with Crippen LogP contribution < -0.4 is 5.73 Å². The van der Waals surface area contributed by atoms with E-state index in [2.05, 4.69) is 15.9 Å². The van der Waals surface area contributed by atoms with Gasteiger partial charge >= 0.3 is 0 Å². The summed E-state index contributed by atoms with van der Waals surface area (Å²) in [4.78, 5) is 0. The van der Waals surface area contributed by atoms with E-state index in [1.165, 1.54) is 0 Å². The van der Waals surface area contributed by atoms with Gasteiger partial charge < -0.3 is 10.8 Å². The van der Waals surface area contributed by atoms with Crippen LogP contribution in [0, 0.1) is 0 Å². The van der Waals surface area contributed by atoms with E-state index < -0.39 is 0 Å². The molecular formula is C9H10BrNO. The second kappa shape index (κ2) is 4.28. The molecule has 0 spiro atoms. The summed E-state index contributed by atoms with van der Waals surface area (Å²) < 4.78 is 0.868. The molecular weight excluding hydrogens is 218 g/mol. The normalized spacial score (nSPS) is 10.8. The van der Waals surface area contributed by atoms with E-state index in [-0.39, 0.29) is 5.75 Å². The van der Waals surface area contributed by atoms with Crippen molar-refractivity contribution in [2.45, 2.75) is 0 Å². The molecule has 0 aromatic heterocycles. The average Bonchev–Trinajstić information content (AvgIpc) is 2.04. The minimum absolute atomic E-state index is 0.258. The Bertz CT molecular complexity index is 276. The molecule has 0 fully saturated rings. The van der Waals surface area contributed by atoms with E-state index in [1.54, 1.807) is 24.3 Å². The molecule has 0 heterocycles. The maximum Gasteiger partial charge on any atom is 0.123 e. The average molecular weight is 228 g/mol. The summed E-state index contributed by atoms with van der Waals surface area (Å²) in [6.07, 6.45) is 3.58. The Balaban J connectivity index is 3.04. The fraction of sp³-hybridized carbons (Fsp3) is 0.111. The Kier molecular flexibility index (Phi) is 3.31. The summed E-state index contributed by atoms with van der Waals surface area (Å²) in [5.41, 5.74) is 6.06.